The Hall–Kier alpha value is -4.04. The van der Waals surface area contributed by atoms with Crippen LogP contribution in [0.5, 0.6) is 0 Å². The zero-order valence-corrected chi connectivity index (χ0v) is 11.9. The van der Waals surface area contributed by atoms with Crippen LogP contribution >= 0.6 is 0 Å². The molecule has 1 aliphatic rings. The standard InChI is InChI=1S/C16H6N4O4/c17-7-9(8-18)16-13-4-2-10(19(21)22)5-14(13)12-3-1-11(20(23)24)6-15(12)16/h1-6H. The van der Waals surface area contributed by atoms with Crippen LogP contribution in [0.2, 0.25) is 0 Å². The highest BCUT2D eigenvalue weighted by atomic mass is 16.6. The molecule has 1 aliphatic carbocycles. The van der Waals surface area contributed by atoms with Crippen molar-refractivity contribution >= 4 is 16.9 Å². The summed E-state index contributed by atoms with van der Waals surface area (Å²) in [4.78, 5) is 20.9. The Kier molecular flexibility index (Phi) is 3.29. The summed E-state index contributed by atoms with van der Waals surface area (Å²) in [6.07, 6.45) is 0. The summed E-state index contributed by atoms with van der Waals surface area (Å²) in [5.41, 5.74) is 1.50. The Labute approximate surface area is 134 Å². The Morgan fingerprint density at radius 3 is 1.79 bits per heavy atom. The van der Waals surface area contributed by atoms with Gasteiger partial charge in [-0.15, -0.1) is 0 Å². The van der Waals surface area contributed by atoms with Crippen LogP contribution < -0.4 is 0 Å². The average Bonchev–Trinajstić information content (AvgIpc) is 2.89. The van der Waals surface area contributed by atoms with Gasteiger partial charge in [0.05, 0.1) is 9.85 Å². The van der Waals surface area contributed by atoms with Crippen LogP contribution in [0.4, 0.5) is 11.4 Å². The third kappa shape index (κ3) is 2.07. The number of rotatable bonds is 2. The maximum Gasteiger partial charge on any atom is 0.270 e. The van der Waals surface area contributed by atoms with E-state index in [0.29, 0.717) is 22.3 Å². The molecule has 24 heavy (non-hydrogen) atoms. The second-order valence-electron chi connectivity index (χ2n) is 4.95. The SMILES string of the molecule is N#CC(C#N)=C1c2cc([N+](=O)[O-])ccc2-c2cc([N+](=O)[O-])ccc21. The summed E-state index contributed by atoms with van der Waals surface area (Å²) in [7, 11) is 0. The second kappa shape index (κ2) is 5.30. The maximum atomic E-state index is 11.0. The van der Waals surface area contributed by atoms with Crippen molar-refractivity contribution in [2.75, 3.05) is 0 Å². The number of hydrogen-bond donors (Lipinski definition) is 0. The van der Waals surface area contributed by atoms with Crippen molar-refractivity contribution in [3.8, 4) is 23.3 Å². The quantitative estimate of drug-likeness (QED) is 0.404. The van der Waals surface area contributed by atoms with Gasteiger partial charge in [0.2, 0.25) is 0 Å². The fraction of sp³-hybridized carbons (Fsp3) is 0. The molecule has 8 nitrogen and oxygen atoms in total. The number of benzene rings is 2. The Balaban J connectivity index is 2.41. The minimum atomic E-state index is -0.582. The third-order valence-electron chi connectivity index (χ3n) is 3.73. The van der Waals surface area contributed by atoms with Gasteiger partial charge in [0.15, 0.2) is 0 Å². The molecule has 0 aliphatic heterocycles. The number of allylic oxidation sites excluding steroid dienone is 1. The van der Waals surface area contributed by atoms with E-state index in [0.717, 1.165) is 0 Å². The lowest BCUT2D eigenvalue weighted by atomic mass is 9.99. The molecule has 8 heteroatoms. The second-order valence-corrected chi connectivity index (χ2v) is 4.95. The summed E-state index contributed by atoms with van der Waals surface area (Å²) in [6.45, 7) is 0. The molecule has 0 saturated carbocycles. The normalized spacial score (nSPS) is 11.0. The first-order chi connectivity index (χ1) is 11.5. The predicted molar refractivity (Wildman–Crippen MR) is 82.4 cm³/mol. The average molecular weight is 318 g/mol. The van der Waals surface area contributed by atoms with Crippen LogP contribution in [-0.4, -0.2) is 9.85 Å². The maximum absolute atomic E-state index is 11.0. The molecule has 0 unspecified atom stereocenters. The van der Waals surface area contributed by atoms with Crippen LogP contribution in [0.3, 0.4) is 0 Å². The summed E-state index contributed by atoms with van der Waals surface area (Å²) in [6, 6.07) is 11.6. The number of hydrogen-bond acceptors (Lipinski definition) is 6. The monoisotopic (exact) mass is 318 g/mol. The van der Waals surface area contributed by atoms with E-state index in [9.17, 15) is 30.8 Å². The van der Waals surface area contributed by atoms with Crippen LogP contribution in [0.1, 0.15) is 11.1 Å². The molecule has 0 N–H and O–H groups in total. The van der Waals surface area contributed by atoms with E-state index in [4.69, 9.17) is 0 Å². The summed E-state index contributed by atoms with van der Waals surface area (Å²) < 4.78 is 0. The van der Waals surface area contributed by atoms with Gasteiger partial charge >= 0.3 is 0 Å². The molecular formula is C16H6N4O4. The molecule has 0 fully saturated rings. The Bertz CT molecular complexity index is 1030. The van der Waals surface area contributed by atoms with E-state index in [1.54, 1.807) is 12.1 Å². The molecule has 3 rings (SSSR count). The molecule has 0 bridgehead atoms. The van der Waals surface area contributed by atoms with Gasteiger partial charge < -0.3 is 0 Å². The van der Waals surface area contributed by atoms with Gasteiger partial charge in [-0.1, -0.05) is 0 Å². The number of nitrogens with zero attached hydrogens (tertiary/aromatic N) is 4. The first kappa shape index (κ1) is 14.9. The van der Waals surface area contributed by atoms with Crippen molar-refractivity contribution in [2.24, 2.45) is 0 Å². The van der Waals surface area contributed by atoms with Gasteiger partial charge in [-0.3, -0.25) is 20.2 Å². The summed E-state index contributed by atoms with van der Waals surface area (Å²) >= 11 is 0. The van der Waals surface area contributed by atoms with Gasteiger partial charge in [0.1, 0.15) is 17.7 Å². The van der Waals surface area contributed by atoms with Gasteiger partial charge in [-0.2, -0.15) is 10.5 Å². The van der Waals surface area contributed by atoms with E-state index < -0.39 is 9.85 Å². The van der Waals surface area contributed by atoms with E-state index in [1.165, 1.54) is 36.4 Å². The van der Waals surface area contributed by atoms with Crippen LogP contribution in [0.15, 0.2) is 42.0 Å². The lowest BCUT2D eigenvalue weighted by molar-refractivity contribution is -0.385. The van der Waals surface area contributed by atoms with Gasteiger partial charge in [-0.25, -0.2) is 0 Å². The fourth-order valence-corrected chi connectivity index (χ4v) is 2.73. The van der Waals surface area contributed by atoms with E-state index in [2.05, 4.69) is 0 Å². The minimum absolute atomic E-state index is 0.144. The van der Waals surface area contributed by atoms with Crippen molar-refractivity contribution < 1.29 is 9.85 Å². The first-order valence-corrected chi connectivity index (χ1v) is 6.60. The molecule has 0 saturated heterocycles. The molecule has 114 valence electrons. The molecule has 0 heterocycles. The molecule has 0 amide bonds. The van der Waals surface area contributed by atoms with Gasteiger partial charge in [0.25, 0.3) is 11.4 Å². The molecular weight excluding hydrogens is 312 g/mol. The molecule has 0 spiro atoms. The number of nitro groups is 2. The Morgan fingerprint density at radius 1 is 0.792 bits per heavy atom. The van der Waals surface area contributed by atoms with Crippen molar-refractivity contribution in [2.45, 2.75) is 0 Å². The highest BCUT2D eigenvalue weighted by Crippen LogP contribution is 2.47. The number of nitro benzene ring substituents is 2. The van der Waals surface area contributed by atoms with Crippen molar-refractivity contribution in [1.29, 1.82) is 10.5 Å². The zero-order chi connectivity index (χ0) is 17.4. The zero-order valence-electron chi connectivity index (χ0n) is 11.9. The number of nitriles is 2. The predicted octanol–water partition coefficient (Wildman–Crippen LogP) is 3.33. The lowest BCUT2D eigenvalue weighted by Crippen LogP contribution is -1.91. The molecule has 0 radical (unpaired) electrons. The van der Waals surface area contributed by atoms with Crippen molar-refractivity contribution in [1.82, 2.24) is 0 Å². The number of fused-ring (bicyclic) bond motifs is 3. The highest BCUT2D eigenvalue weighted by Gasteiger charge is 2.29. The summed E-state index contributed by atoms with van der Waals surface area (Å²) in [5.74, 6) is 0. The molecule has 0 atom stereocenters. The summed E-state index contributed by atoms with van der Waals surface area (Å²) in [5, 5.41) is 40.4. The van der Waals surface area contributed by atoms with Crippen LogP contribution in [0, 0.1) is 42.9 Å². The van der Waals surface area contributed by atoms with E-state index in [-0.39, 0.29) is 22.5 Å². The van der Waals surface area contributed by atoms with Gasteiger partial charge in [-0.05, 0) is 34.4 Å². The molecule has 0 aromatic heterocycles. The lowest BCUT2D eigenvalue weighted by Gasteiger charge is -2.02. The third-order valence-corrected chi connectivity index (χ3v) is 3.73. The largest absolute Gasteiger partial charge is 0.270 e. The van der Waals surface area contributed by atoms with Crippen LogP contribution in [0.25, 0.3) is 16.7 Å². The van der Waals surface area contributed by atoms with Crippen LogP contribution in [-0.2, 0) is 0 Å². The highest BCUT2D eigenvalue weighted by molar-refractivity contribution is 6.04. The van der Waals surface area contributed by atoms with Crippen molar-refractivity contribution in [3.63, 3.8) is 0 Å². The van der Waals surface area contributed by atoms with E-state index >= 15 is 0 Å². The first-order valence-electron chi connectivity index (χ1n) is 6.60. The Morgan fingerprint density at radius 2 is 1.29 bits per heavy atom. The van der Waals surface area contributed by atoms with Gasteiger partial charge in [0, 0.05) is 29.8 Å². The van der Waals surface area contributed by atoms with Crippen molar-refractivity contribution in [3.05, 3.63) is 73.3 Å². The molecule has 2 aromatic carbocycles. The fourth-order valence-electron chi connectivity index (χ4n) is 2.73. The molecule has 2 aromatic rings. The topological polar surface area (TPSA) is 134 Å². The van der Waals surface area contributed by atoms with E-state index in [1.807, 2.05) is 0 Å². The number of non-ortho nitro benzene ring substituents is 2. The minimum Gasteiger partial charge on any atom is -0.258 e. The smallest absolute Gasteiger partial charge is 0.258 e.